The van der Waals surface area contributed by atoms with Crippen LogP contribution < -0.4 is 5.73 Å². The maximum atomic E-state index is 12.2. The maximum Gasteiger partial charge on any atom is 0.256 e. The number of benzene rings is 1. The maximum absolute atomic E-state index is 12.2. The lowest BCUT2D eigenvalue weighted by Gasteiger charge is -2.23. The van der Waals surface area contributed by atoms with Gasteiger partial charge in [0, 0.05) is 23.8 Å². The van der Waals surface area contributed by atoms with Gasteiger partial charge >= 0.3 is 0 Å². The van der Waals surface area contributed by atoms with Crippen LogP contribution in [0.15, 0.2) is 22.7 Å². The first-order chi connectivity index (χ1) is 8.09. The summed E-state index contributed by atoms with van der Waals surface area (Å²) in [4.78, 5) is 14.0. The first kappa shape index (κ1) is 15.3. The standard InChI is InChI=1S/C12H15BrN2O2.ClH/c1-15(9-4-5-17-7-9)12(16)10-3-2-8(13)6-11(10)14;/h2-3,6,9H,4-5,7,14H2,1H3;1H. The highest BCUT2D eigenvalue weighted by atomic mass is 79.9. The van der Waals surface area contributed by atoms with Gasteiger partial charge in [0.05, 0.1) is 18.2 Å². The second-order valence-electron chi connectivity index (χ2n) is 4.17. The van der Waals surface area contributed by atoms with Gasteiger partial charge in [0.1, 0.15) is 0 Å². The number of carbonyl (C=O) groups excluding carboxylic acids is 1. The number of nitrogen functional groups attached to an aromatic ring is 1. The van der Waals surface area contributed by atoms with E-state index in [-0.39, 0.29) is 24.4 Å². The van der Waals surface area contributed by atoms with E-state index >= 15 is 0 Å². The lowest BCUT2D eigenvalue weighted by atomic mass is 10.1. The zero-order chi connectivity index (χ0) is 12.4. The SMILES string of the molecule is CN(C(=O)c1ccc(Br)cc1N)C1CCOC1.Cl. The number of hydrogen-bond donors (Lipinski definition) is 1. The highest BCUT2D eigenvalue weighted by Crippen LogP contribution is 2.21. The summed E-state index contributed by atoms with van der Waals surface area (Å²) in [7, 11) is 1.79. The lowest BCUT2D eigenvalue weighted by molar-refractivity contribution is 0.0712. The summed E-state index contributed by atoms with van der Waals surface area (Å²) in [6.45, 7) is 1.33. The van der Waals surface area contributed by atoms with Gasteiger partial charge < -0.3 is 15.4 Å². The van der Waals surface area contributed by atoms with E-state index in [1.54, 1.807) is 24.1 Å². The molecule has 1 heterocycles. The van der Waals surface area contributed by atoms with Gasteiger partial charge in [0.15, 0.2) is 0 Å². The van der Waals surface area contributed by atoms with Gasteiger partial charge in [-0.25, -0.2) is 0 Å². The third kappa shape index (κ3) is 3.16. The number of halogens is 2. The molecule has 0 aliphatic carbocycles. The van der Waals surface area contributed by atoms with Crippen molar-refractivity contribution in [3.8, 4) is 0 Å². The molecule has 100 valence electrons. The van der Waals surface area contributed by atoms with E-state index in [4.69, 9.17) is 10.5 Å². The molecule has 0 radical (unpaired) electrons. The number of nitrogens with two attached hydrogens (primary N) is 1. The van der Waals surface area contributed by atoms with Crippen molar-refractivity contribution in [2.75, 3.05) is 26.0 Å². The molecule has 1 fully saturated rings. The zero-order valence-corrected chi connectivity index (χ0v) is 12.5. The van der Waals surface area contributed by atoms with Crippen molar-refractivity contribution in [2.45, 2.75) is 12.5 Å². The molecule has 1 amide bonds. The third-order valence-electron chi connectivity index (χ3n) is 3.02. The minimum absolute atomic E-state index is 0. The number of anilines is 1. The van der Waals surface area contributed by atoms with Crippen molar-refractivity contribution in [2.24, 2.45) is 0 Å². The summed E-state index contributed by atoms with van der Waals surface area (Å²) in [6, 6.07) is 5.47. The van der Waals surface area contributed by atoms with Gasteiger partial charge in [-0.1, -0.05) is 15.9 Å². The van der Waals surface area contributed by atoms with E-state index in [1.807, 2.05) is 6.07 Å². The van der Waals surface area contributed by atoms with E-state index in [2.05, 4.69) is 15.9 Å². The molecule has 0 aromatic heterocycles. The largest absolute Gasteiger partial charge is 0.398 e. The van der Waals surface area contributed by atoms with Crippen LogP contribution in [-0.4, -0.2) is 37.1 Å². The smallest absolute Gasteiger partial charge is 0.256 e. The molecule has 1 saturated heterocycles. The molecule has 6 heteroatoms. The van der Waals surface area contributed by atoms with E-state index in [1.165, 1.54) is 0 Å². The van der Waals surface area contributed by atoms with Crippen LogP contribution in [0.1, 0.15) is 16.8 Å². The van der Waals surface area contributed by atoms with Crippen LogP contribution in [0.3, 0.4) is 0 Å². The average molecular weight is 336 g/mol. The summed E-state index contributed by atoms with van der Waals surface area (Å²) in [6.07, 6.45) is 0.888. The molecule has 4 nitrogen and oxygen atoms in total. The summed E-state index contributed by atoms with van der Waals surface area (Å²) >= 11 is 3.32. The molecule has 1 unspecified atom stereocenters. The Kier molecular flexibility index (Phi) is 5.44. The van der Waals surface area contributed by atoms with Crippen molar-refractivity contribution >= 4 is 39.9 Å². The molecule has 2 N–H and O–H groups in total. The Morgan fingerprint density at radius 2 is 2.28 bits per heavy atom. The van der Waals surface area contributed by atoms with Crippen LogP contribution in [0.25, 0.3) is 0 Å². The molecule has 1 aromatic rings. The second kappa shape index (κ2) is 6.41. The minimum atomic E-state index is -0.0505. The predicted octanol–water partition coefficient (Wildman–Crippen LogP) is 2.31. The Balaban J connectivity index is 0.00000162. The molecular formula is C12H16BrClN2O2. The Morgan fingerprint density at radius 3 is 2.83 bits per heavy atom. The number of carbonyl (C=O) groups is 1. The number of nitrogens with zero attached hydrogens (tertiary/aromatic N) is 1. The molecule has 1 aliphatic heterocycles. The van der Waals surface area contributed by atoms with Crippen LogP contribution in [0.5, 0.6) is 0 Å². The summed E-state index contributed by atoms with van der Waals surface area (Å²) in [5.74, 6) is -0.0505. The van der Waals surface area contributed by atoms with Crippen molar-refractivity contribution in [1.82, 2.24) is 4.90 Å². The van der Waals surface area contributed by atoms with Crippen LogP contribution in [-0.2, 0) is 4.74 Å². The van der Waals surface area contributed by atoms with Crippen LogP contribution in [0, 0.1) is 0 Å². The quantitative estimate of drug-likeness (QED) is 0.844. The predicted molar refractivity (Wildman–Crippen MR) is 77.1 cm³/mol. The van der Waals surface area contributed by atoms with Gasteiger partial charge in [0.2, 0.25) is 0 Å². The summed E-state index contributed by atoms with van der Waals surface area (Å²) in [5, 5.41) is 0. The number of hydrogen-bond acceptors (Lipinski definition) is 3. The van der Waals surface area contributed by atoms with Crippen LogP contribution >= 0.6 is 28.3 Å². The molecule has 0 saturated carbocycles. The van der Waals surface area contributed by atoms with Crippen molar-refractivity contribution < 1.29 is 9.53 Å². The molecular weight excluding hydrogens is 320 g/mol. The number of amides is 1. The molecule has 18 heavy (non-hydrogen) atoms. The molecule has 0 spiro atoms. The molecule has 1 aliphatic rings. The summed E-state index contributed by atoms with van der Waals surface area (Å²) < 4.78 is 6.15. The molecule has 1 atom stereocenters. The lowest BCUT2D eigenvalue weighted by Crippen LogP contribution is -2.37. The van der Waals surface area contributed by atoms with Crippen LogP contribution in [0.4, 0.5) is 5.69 Å². The van der Waals surface area contributed by atoms with E-state index in [9.17, 15) is 4.79 Å². The molecule has 2 rings (SSSR count). The van der Waals surface area contributed by atoms with Crippen molar-refractivity contribution in [3.63, 3.8) is 0 Å². The monoisotopic (exact) mass is 334 g/mol. The summed E-state index contributed by atoms with van der Waals surface area (Å²) in [5.41, 5.74) is 6.89. The van der Waals surface area contributed by atoms with Gasteiger partial charge in [-0.2, -0.15) is 0 Å². The second-order valence-corrected chi connectivity index (χ2v) is 5.08. The highest BCUT2D eigenvalue weighted by molar-refractivity contribution is 9.10. The Labute approximate surface area is 121 Å². The highest BCUT2D eigenvalue weighted by Gasteiger charge is 2.25. The van der Waals surface area contributed by atoms with E-state index in [0.29, 0.717) is 17.9 Å². The third-order valence-corrected chi connectivity index (χ3v) is 3.51. The Bertz CT molecular complexity index is 436. The minimum Gasteiger partial charge on any atom is -0.398 e. The normalized spacial score (nSPS) is 18.2. The first-order valence-electron chi connectivity index (χ1n) is 5.49. The Hall–Kier alpha value is -0.780. The van der Waals surface area contributed by atoms with Gasteiger partial charge in [0.25, 0.3) is 5.91 Å². The number of likely N-dealkylation sites (N-methyl/N-ethyl adjacent to an activating group) is 1. The van der Waals surface area contributed by atoms with Crippen molar-refractivity contribution in [3.05, 3.63) is 28.2 Å². The average Bonchev–Trinajstić information content (AvgIpc) is 2.80. The van der Waals surface area contributed by atoms with Gasteiger partial charge in [-0.05, 0) is 24.6 Å². The molecule has 1 aromatic carbocycles. The molecule has 0 bridgehead atoms. The topological polar surface area (TPSA) is 55.6 Å². The van der Waals surface area contributed by atoms with Crippen molar-refractivity contribution in [1.29, 1.82) is 0 Å². The number of rotatable bonds is 2. The van der Waals surface area contributed by atoms with E-state index in [0.717, 1.165) is 17.5 Å². The van der Waals surface area contributed by atoms with Gasteiger partial charge in [-0.3, -0.25) is 4.79 Å². The first-order valence-corrected chi connectivity index (χ1v) is 6.29. The fourth-order valence-corrected chi connectivity index (χ4v) is 2.29. The number of ether oxygens (including phenoxy) is 1. The fourth-order valence-electron chi connectivity index (χ4n) is 1.91. The van der Waals surface area contributed by atoms with Gasteiger partial charge in [-0.15, -0.1) is 12.4 Å². The fraction of sp³-hybridized carbons (Fsp3) is 0.417. The Morgan fingerprint density at radius 1 is 1.56 bits per heavy atom. The van der Waals surface area contributed by atoms with Crippen LogP contribution in [0.2, 0.25) is 0 Å². The zero-order valence-electron chi connectivity index (χ0n) is 10.1. The van der Waals surface area contributed by atoms with E-state index < -0.39 is 0 Å².